The summed E-state index contributed by atoms with van der Waals surface area (Å²) >= 11 is 7.68. The molecular formula is C14H14ClNOS. The molecule has 0 unspecified atom stereocenters. The van der Waals surface area contributed by atoms with Gasteiger partial charge in [-0.05, 0) is 35.6 Å². The van der Waals surface area contributed by atoms with Gasteiger partial charge in [-0.25, -0.2) is 0 Å². The number of thiophene rings is 1. The molecule has 2 nitrogen and oxygen atoms in total. The minimum Gasteiger partial charge on any atom is -0.351 e. The van der Waals surface area contributed by atoms with Crippen molar-refractivity contribution in [1.29, 1.82) is 0 Å². The van der Waals surface area contributed by atoms with Crippen molar-refractivity contribution < 1.29 is 4.79 Å². The standard InChI is InChI=1S/C14H14ClNOS/c1-10-6-7-18-13(10)9-16-14(17)8-11-4-2-3-5-12(11)15/h2-7H,8-9H2,1H3,(H,16,17). The zero-order valence-electron chi connectivity index (χ0n) is 10.1. The van der Waals surface area contributed by atoms with Gasteiger partial charge < -0.3 is 5.32 Å². The van der Waals surface area contributed by atoms with Crippen molar-refractivity contribution in [1.82, 2.24) is 5.32 Å². The second-order valence-corrected chi connectivity index (χ2v) is 5.48. The van der Waals surface area contributed by atoms with Crippen LogP contribution >= 0.6 is 22.9 Å². The van der Waals surface area contributed by atoms with Crippen molar-refractivity contribution in [3.05, 3.63) is 56.7 Å². The lowest BCUT2D eigenvalue weighted by atomic mass is 10.1. The van der Waals surface area contributed by atoms with E-state index in [4.69, 9.17) is 11.6 Å². The van der Waals surface area contributed by atoms with Gasteiger partial charge in [-0.3, -0.25) is 4.79 Å². The van der Waals surface area contributed by atoms with Crippen LogP contribution in [-0.2, 0) is 17.8 Å². The number of hydrogen-bond acceptors (Lipinski definition) is 2. The van der Waals surface area contributed by atoms with Crippen LogP contribution in [0.5, 0.6) is 0 Å². The molecule has 0 aliphatic rings. The Morgan fingerprint density at radius 3 is 2.78 bits per heavy atom. The van der Waals surface area contributed by atoms with E-state index < -0.39 is 0 Å². The summed E-state index contributed by atoms with van der Waals surface area (Å²) in [6.07, 6.45) is 0.324. The summed E-state index contributed by atoms with van der Waals surface area (Å²) in [5.74, 6) is -0.00380. The number of halogens is 1. The molecule has 1 N–H and O–H groups in total. The van der Waals surface area contributed by atoms with E-state index in [1.54, 1.807) is 17.4 Å². The molecule has 1 amide bonds. The molecule has 0 aliphatic carbocycles. The SMILES string of the molecule is Cc1ccsc1CNC(=O)Cc1ccccc1Cl. The first-order chi connectivity index (χ1) is 8.66. The van der Waals surface area contributed by atoms with Gasteiger partial charge in [-0.1, -0.05) is 29.8 Å². The van der Waals surface area contributed by atoms with E-state index in [2.05, 4.69) is 11.4 Å². The summed E-state index contributed by atoms with van der Waals surface area (Å²) in [5.41, 5.74) is 2.08. The fraction of sp³-hybridized carbons (Fsp3) is 0.214. The summed E-state index contributed by atoms with van der Waals surface area (Å²) in [7, 11) is 0. The maximum Gasteiger partial charge on any atom is 0.224 e. The molecular weight excluding hydrogens is 266 g/mol. The number of rotatable bonds is 4. The largest absolute Gasteiger partial charge is 0.351 e. The molecule has 0 saturated carbocycles. The first-order valence-electron chi connectivity index (χ1n) is 5.70. The van der Waals surface area contributed by atoms with E-state index in [0.29, 0.717) is 18.0 Å². The number of amides is 1. The first-order valence-corrected chi connectivity index (χ1v) is 6.95. The van der Waals surface area contributed by atoms with Gasteiger partial charge in [0, 0.05) is 9.90 Å². The van der Waals surface area contributed by atoms with E-state index in [0.717, 1.165) is 5.56 Å². The minimum atomic E-state index is -0.00380. The maximum absolute atomic E-state index is 11.8. The molecule has 0 atom stereocenters. The molecule has 1 aromatic carbocycles. The molecule has 0 radical (unpaired) electrons. The second kappa shape index (κ2) is 6.03. The predicted molar refractivity (Wildman–Crippen MR) is 76.1 cm³/mol. The molecule has 0 fully saturated rings. The molecule has 2 rings (SSSR count). The third kappa shape index (κ3) is 3.34. The van der Waals surface area contributed by atoms with Crippen LogP contribution in [-0.4, -0.2) is 5.91 Å². The Kier molecular flexibility index (Phi) is 4.39. The third-order valence-electron chi connectivity index (χ3n) is 2.72. The molecule has 2 aromatic rings. The fourth-order valence-electron chi connectivity index (χ4n) is 1.64. The Morgan fingerprint density at radius 1 is 1.33 bits per heavy atom. The third-order valence-corrected chi connectivity index (χ3v) is 4.11. The lowest BCUT2D eigenvalue weighted by molar-refractivity contribution is -0.120. The zero-order chi connectivity index (χ0) is 13.0. The number of nitrogens with one attached hydrogen (secondary N) is 1. The maximum atomic E-state index is 11.8. The lowest BCUT2D eigenvalue weighted by Crippen LogP contribution is -2.24. The Morgan fingerprint density at radius 2 is 2.11 bits per heavy atom. The van der Waals surface area contributed by atoms with Gasteiger partial charge >= 0.3 is 0 Å². The Hall–Kier alpha value is -1.32. The van der Waals surface area contributed by atoms with E-state index in [1.807, 2.05) is 30.5 Å². The molecule has 1 aromatic heterocycles. The van der Waals surface area contributed by atoms with E-state index >= 15 is 0 Å². The number of aryl methyl sites for hydroxylation is 1. The molecule has 18 heavy (non-hydrogen) atoms. The Bertz CT molecular complexity index is 550. The number of hydrogen-bond donors (Lipinski definition) is 1. The quantitative estimate of drug-likeness (QED) is 0.911. The Labute approximate surface area is 116 Å². The molecule has 0 bridgehead atoms. The van der Waals surface area contributed by atoms with E-state index in [9.17, 15) is 4.79 Å². The number of carbonyl (C=O) groups excluding carboxylic acids is 1. The first kappa shape index (κ1) is 13.1. The summed E-state index contributed by atoms with van der Waals surface area (Å²) < 4.78 is 0. The van der Waals surface area contributed by atoms with Crippen LogP contribution in [0.3, 0.4) is 0 Å². The van der Waals surface area contributed by atoms with Crippen molar-refractivity contribution in [2.45, 2.75) is 19.9 Å². The van der Waals surface area contributed by atoms with Crippen molar-refractivity contribution in [2.24, 2.45) is 0 Å². The molecule has 0 saturated heterocycles. The van der Waals surface area contributed by atoms with Crippen LogP contribution in [0.2, 0.25) is 5.02 Å². The summed E-state index contributed by atoms with van der Waals surface area (Å²) in [6.45, 7) is 2.64. The van der Waals surface area contributed by atoms with Crippen LogP contribution in [0, 0.1) is 6.92 Å². The average Bonchev–Trinajstić information content (AvgIpc) is 2.75. The fourth-order valence-corrected chi connectivity index (χ4v) is 2.69. The molecule has 1 heterocycles. The van der Waals surface area contributed by atoms with Crippen LogP contribution in [0.15, 0.2) is 35.7 Å². The average molecular weight is 280 g/mol. The molecule has 94 valence electrons. The second-order valence-electron chi connectivity index (χ2n) is 4.07. The smallest absolute Gasteiger partial charge is 0.224 e. The summed E-state index contributed by atoms with van der Waals surface area (Å²) in [5, 5.41) is 5.59. The molecule has 0 aliphatic heterocycles. The van der Waals surface area contributed by atoms with Gasteiger partial charge in [0.2, 0.25) is 5.91 Å². The van der Waals surface area contributed by atoms with Crippen LogP contribution in [0.25, 0.3) is 0 Å². The van der Waals surface area contributed by atoms with E-state index in [1.165, 1.54) is 10.4 Å². The van der Waals surface area contributed by atoms with Gasteiger partial charge in [-0.2, -0.15) is 0 Å². The van der Waals surface area contributed by atoms with Crippen LogP contribution < -0.4 is 5.32 Å². The summed E-state index contributed by atoms with van der Waals surface area (Å²) in [6, 6.07) is 9.47. The van der Waals surface area contributed by atoms with Gasteiger partial charge in [0.1, 0.15) is 0 Å². The highest BCUT2D eigenvalue weighted by atomic mass is 35.5. The monoisotopic (exact) mass is 279 g/mol. The normalized spacial score (nSPS) is 10.3. The van der Waals surface area contributed by atoms with Crippen molar-refractivity contribution in [3.63, 3.8) is 0 Å². The zero-order valence-corrected chi connectivity index (χ0v) is 11.6. The Balaban J connectivity index is 1.90. The lowest BCUT2D eigenvalue weighted by Gasteiger charge is -2.06. The predicted octanol–water partition coefficient (Wildman–Crippen LogP) is 3.57. The van der Waals surface area contributed by atoms with Crippen LogP contribution in [0.4, 0.5) is 0 Å². The van der Waals surface area contributed by atoms with E-state index in [-0.39, 0.29) is 5.91 Å². The number of benzene rings is 1. The topological polar surface area (TPSA) is 29.1 Å². The van der Waals surface area contributed by atoms with Crippen LogP contribution in [0.1, 0.15) is 16.0 Å². The highest BCUT2D eigenvalue weighted by Gasteiger charge is 2.07. The van der Waals surface area contributed by atoms with Crippen molar-refractivity contribution >= 4 is 28.8 Å². The van der Waals surface area contributed by atoms with Gasteiger partial charge in [0.25, 0.3) is 0 Å². The van der Waals surface area contributed by atoms with Crippen molar-refractivity contribution in [2.75, 3.05) is 0 Å². The van der Waals surface area contributed by atoms with Gasteiger partial charge in [0.05, 0.1) is 13.0 Å². The van der Waals surface area contributed by atoms with Gasteiger partial charge in [0.15, 0.2) is 0 Å². The summed E-state index contributed by atoms with van der Waals surface area (Å²) in [4.78, 5) is 13.0. The number of carbonyl (C=O) groups is 1. The highest BCUT2D eigenvalue weighted by molar-refractivity contribution is 7.10. The van der Waals surface area contributed by atoms with Gasteiger partial charge in [-0.15, -0.1) is 11.3 Å². The van der Waals surface area contributed by atoms with Crippen molar-refractivity contribution in [3.8, 4) is 0 Å². The molecule has 0 spiro atoms. The highest BCUT2D eigenvalue weighted by Crippen LogP contribution is 2.16. The minimum absolute atomic E-state index is 0.00380. The molecule has 4 heteroatoms.